The van der Waals surface area contributed by atoms with Gasteiger partial charge in [0.2, 0.25) is 0 Å². The second kappa shape index (κ2) is 7.92. The van der Waals surface area contributed by atoms with E-state index in [1.165, 1.54) is 17.9 Å². The SMILES string of the molecule is COC(=O)CCC#Cc1cn([C@H]2C[C@H](O)[C@@H](CO)O2)c(=O)nc1N. The molecule has 9 nitrogen and oxygen atoms in total. The van der Waals surface area contributed by atoms with Gasteiger partial charge in [0.25, 0.3) is 0 Å². The van der Waals surface area contributed by atoms with E-state index in [1.807, 2.05) is 0 Å². The van der Waals surface area contributed by atoms with Gasteiger partial charge >= 0.3 is 11.7 Å². The molecule has 24 heavy (non-hydrogen) atoms. The van der Waals surface area contributed by atoms with Gasteiger partial charge in [0.15, 0.2) is 0 Å². The molecular formula is C15H19N3O6. The number of anilines is 1. The van der Waals surface area contributed by atoms with Crippen LogP contribution in [0, 0.1) is 11.8 Å². The van der Waals surface area contributed by atoms with Crippen molar-refractivity contribution in [3.8, 4) is 11.8 Å². The first-order chi connectivity index (χ1) is 11.5. The van der Waals surface area contributed by atoms with Gasteiger partial charge in [-0.2, -0.15) is 4.98 Å². The number of hydrogen-bond donors (Lipinski definition) is 3. The van der Waals surface area contributed by atoms with Crippen LogP contribution in [0.25, 0.3) is 0 Å². The van der Waals surface area contributed by atoms with Crippen LogP contribution in [0.2, 0.25) is 0 Å². The largest absolute Gasteiger partial charge is 0.469 e. The van der Waals surface area contributed by atoms with E-state index >= 15 is 0 Å². The van der Waals surface area contributed by atoms with Crippen molar-refractivity contribution in [2.75, 3.05) is 19.5 Å². The fourth-order valence-electron chi connectivity index (χ4n) is 2.26. The Balaban J connectivity index is 2.18. The van der Waals surface area contributed by atoms with E-state index < -0.39 is 24.1 Å². The fraction of sp³-hybridized carbons (Fsp3) is 0.533. The second-order valence-corrected chi connectivity index (χ2v) is 5.22. The molecule has 1 fully saturated rings. The number of ether oxygens (including phenoxy) is 2. The summed E-state index contributed by atoms with van der Waals surface area (Å²) in [5, 5.41) is 18.9. The highest BCUT2D eigenvalue weighted by Gasteiger charge is 2.35. The van der Waals surface area contributed by atoms with Crippen LogP contribution in [-0.2, 0) is 14.3 Å². The molecular weight excluding hydrogens is 318 g/mol. The van der Waals surface area contributed by atoms with Crippen molar-refractivity contribution < 1.29 is 24.5 Å². The Morgan fingerprint density at radius 2 is 2.38 bits per heavy atom. The van der Waals surface area contributed by atoms with Crippen LogP contribution in [0.15, 0.2) is 11.0 Å². The van der Waals surface area contributed by atoms with Crippen LogP contribution in [0.3, 0.4) is 0 Å². The minimum Gasteiger partial charge on any atom is -0.469 e. The van der Waals surface area contributed by atoms with Gasteiger partial charge in [-0.1, -0.05) is 11.8 Å². The number of rotatable bonds is 4. The lowest BCUT2D eigenvalue weighted by molar-refractivity contribution is -0.140. The van der Waals surface area contributed by atoms with Gasteiger partial charge in [-0.05, 0) is 0 Å². The highest BCUT2D eigenvalue weighted by molar-refractivity contribution is 5.69. The molecule has 0 saturated carbocycles. The van der Waals surface area contributed by atoms with Crippen molar-refractivity contribution in [1.82, 2.24) is 9.55 Å². The predicted octanol–water partition coefficient (Wildman–Crippen LogP) is -1.23. The summed E-state index contributed by atoms with van der Waals surface area (Å²) >= 11 is 0. The zero-order chi connectivity index (χ0) is 17.7. The first-order valence-corrected chi connectivity index (χ1v) is 7.35. The van der Waals surface area contributed by atoms with Crippen LogP contribution in [0.4, 0.5) is 5.82 Å². The zero-order valence-corrected chi connectivity index (χ0v) is 13.1. The molecule has 3 atom stereocenters. The predicted molar refractivity (Wildman–Crippen MR) is 82.7 cm³/mol. The number of carbonyl (C=O) groups excluding carboxylic acids is 1. The van der Waals surface area contributed by atoms with E-state index in [9.17, 15) is 14.7 Å². The maximum absolute atomic E-state index is 12.0. The number of aliphatic hydroxyl groups is 2. The van der Waals surface area contributed by atoms with Crippen LogP contribution < -0.4 is 11.4 Å². The van der Waals surface area contributed by atoms with E-state index in [2.05, 4.69) is 21.6 Å². The molecule has 0 amide bonds. The van der Waals surface area contributed by atoms with E-state index in [0.29, 0.717) is 5.56 Å². The summed E-state index contributed by atoms with van der Waals surface area (Å²) in [6.07, 6.45) is -0.427. The lowest BCUT2D eigenvalue weighted by atomic mass is 10.2. The Morgan fingerprint density at radius 3 is 3.00 bits per heavy atom. The Morgan fingerprint density at radius 1 is 1.62 bits per heavy atom. The minimum atomic E-state index is -0.876. The molecule has 0 spiro atoms. The zero-order valence-electron chi connectivity index (χ0n) is 13.1. The monoisotopic (exact) mass is 337 g/mol. The van der Waals surface area contributed by atoms with E-state index in [4.69, 9.17) is 15.6 Å². The molecule has 1 aliphatic heterocycles. The minimum absolute atomic E-state index is 0.0286. The van der Waals surface area contributed by atoms with Crippen molar-refractivity contribution >= 4 is 11.8 Å². The third kappa shape index (κ3) is 4.11. The first kappa shape index (κ1) is 17.9. The summed E-state index contributed by atoms with van der Waals surface area (Å²) < 4.78 is 11.1. The Labute approximate surface area is 138 Å². The number of nitrogens with two attached hydrogens (primary N) is 1. The van der Waals surface area contributed by atoms with Crippen LogP contribution in [0.1, 0.15) is 31.1 Å². The van der Waals surface area contributed by atoms with Gasteiger partial charge < -0.3 is 25.4 Å². The number of hydrogen-bond acceptors (Lipinski definition) is 8. The third-order valence-electron chi connectivity index (χ3n) is 3.58. The maximum atomic E-state index is 12.0. The molecule has 2 heterocycles. The Bertz CT molecular complexity index is 720. The smallest absolute Gasteiger partial charge is 0.351 e. The summed E-state index contributed by atoms with van der Waals surface area (Å²) in [5.74, 6) is 5.10. The van der Waals surface area contributed by atoms with Gasteiger partial charge in [0.05, 0.1) is 31.8 Å². The van der Waals surface area contributed by atoms with E-state index in [-0.39, 0.29) is 37.7 Å². The average Bonchev–Trinajstić information content (AvgIpc) is 2.93. The summed E-state index contributed by atoms with van der Waals surface area (Å²) in [5.41, 5.74) is 5.36. The number of methoxy groups -OCH3 is 1. The highest BCUT2D eigenvalue weighted by atomic mass is 16.5. The van der Waals surface area contributed by atoms with Crippen molar-refractivity contribution in [2.24, 2.45) is 0 Å². The molecule has 0 aliphatic carbocycles. The van der Waals surface area contributed by atoms with Gasteiger partial charge in [-0.15, -0.1) is 0 Å². The molecule has 9 heteroatoms. The van der Waals surface area contributed by atoms with Gasteiger partial charge in [-0.3, -0.25) is 9.36 Å². The quantitative estimate of drug-likeness (QED) is 0.459. The molecule has 1 aliphatic rings. The molecule has 1 aromatic heterocycles. The molecule has 0 radical (unpaired) electrons. The van der Waals surface area contributed by atoms with Crippen LogP contribution in [-0.4, -0.2) is 51.7 Å². The molecule has 2 rings (SSSR count). The third-order valence-corrected chi connectivity index (χ3v) is 3.58. The van der Waals surface area contributed by atoms with Crippen molar-refractivity contribution in [3.63, 3.8) is 0 Å². The summed E-state index contributed by atoms with van der Waals surface area (Å²) in [6.45, 7) is -0.352. The van der Waals surface area contributed by atoms with Crippen molar-refractivity contribution in [1.29, 1.82) is 0 Å². The van der Waals surface area contributed by atoms with Crippen LogP contribution in [0.5, 0.6) is 0 Å². The average molecular weight is 337 g/mol. The Hall–Kier alpha value is -2.41. The summed E-state index contributed by atoms with van der Waals surface area (Å²) in [6, 6.07) is 0. The fourth-order valence-corrected chi connectivity index (χ4v) is 2.26. The van der Waals surface area contributed by atoms with Gasteiger partial charge in [0, 0.05) is 19.0 Å². The van der Waals surface area contributed by atoms with Gasteiger partial charge in [-0.25, -0.2) is 4.79 Å². The standard InChI is InChI=1S/C15H19N3O6/c1-23-13(21)5-3-2-4-9-7-18(15(22)17-14(9)16)12-6-10(20)11(8-19)24-12/h7,10-12,19-20H,3,5-6,8H2,1H3,(H2,16,17,22)/t10-,11+,12+/m0/s1. The highest BCUT2D eigenvalue weighted by Crippen LogP contribution is 2.27. The second-order valence-electron chi connectivity index (χ2n) is 5.22. The Kier molecular flexibility index (Phi) is 5.92. The number of nitrogens with zero attached hydrogens (tertiary/aromatic N) is 2. The van der Waals surface area contributed by atoms with Crippen LogP contribution >= 0.6 is 0 Å². The maximum Gasteiger partial charge on any atom is 0.351 e. The lowest BCUT2D eigenvalue weighted by Crippen LogP contribution is -2.28. The number of aromatic nitrogens is 2. The topological polar surface area (TPSA) is 137 Å². The number of nitrogen functional groups attached to an aromatic ring is 1. The lowest BCUT2D eigenvalue weighted by Gasteiger charge is -2.14. The molecule has 4 N–H and O–H groups in total. The molecule has 130 valence electrons. The summed E-state index contributed by atoms with van der Waals surface area (Å²) in [4.78, 5) is 26.7. The number of esters is 1. The molecule has 0 bridgehead atoms. The normalized spacial score (nSPS) is 22.7. The first-order valence-electron chi connectivity index (χ1n) is 7.35. The number of aliphatic hydroxyl groups excluding tert-OH is 2. The van der Waals surface area contributed by atoms with Crippen molar-refractivity contribution in [3.05, 3.63) is 22.2 Å². The molecule has 1 aromatic rings. The molecule has 1 saturated heterocycles. The van der Waals surface area contributed by atoms with E-state index in [1.54, 1.807) is 0 Å². The van der Waals surface area contributed by atoms with Gasteiger partial charge in [0.1, 0.15) is 18.1 Å². The molecule has 0 unspecified atom stereocenters. The number of carbonyl (C=O) groups is 1. The van der Waals surface area contributed by atoms with Crippen molar-refractivity contribution in [2.45, 2.75) is 37.7 Å². The summed E-state index contributed by atoms with van der Waals surface area (Å²) in [7, 11) is 1.29. The van der Waals surface area contributed by atoms with E-state index in [0.717, 1.165) is 0 Å². The molecule has 0 aromatic carbocycles.